The lowest BCUT2D eigenvalue weighted by molar-refractivity contribution is -0.142. The Bertz CT molecular complexity index is 160. The molecule has 0 bridgehead atoms. The molecule has 0 aromatic rings. The van der Waals surface area contributed by atoms with E-state index in [9.17, 15) is 9.59 Å². The molecule has 0 saturated heterocycles. The van der Waals surface area contributed by atoms with Crippen molar-refractivity contribution in [3.8, 4) is 0 Å². The molecule has 0 unspecified atom stereocenters. The highest BCUT2D eigenvalue weighted by Crippen LogP contribution is 1.92. The quantitative estimate of drug-likeness (QED) is 0.468. The van der Waals surface area contributed by atoms with E-state index in [2.05, 4.69) is 5.32 Å². The maximum Gasteiger partial charge on any atom is 0.319 e. The van der Waals surface area contributed by atoms with Gasteiger partial charge in [-0.25, -0.2) is 0 Å². The molecule has 0 radical (unpaired) electrons. The number of hydrogen-bond donors (Lipinski definition) is 1. The fourth-order valence-electron chi connectivity index (χ4n) is 1.03. The molecular weight excluding hydrogens is 182 g/mol. The van der Waals surface area contributed by atoms with Gasteiger partial charge in [-0.15, -0.1) is 0 Å². The summed E-state index contributed by atoms with van der Waals surface area (Å²) in [6.07, 6.45) is 2.01. The van der Waals surface area contributed by atoms with Crippen LogP contribution in [0.4, 0.5) is 0 Å². The van der Waals surface area contributed by atoms with E-state index in [1.54, 1.807) is 6.92 Å². The molecule has 4 nitrogen and oxygen atoms in total. The summed E-state index contributed by atoms with van der Waals surface area (Å²) in [4.78, 5) is 21.9. The highest BCUT2D eigenvalue weighted by atomic mass is 16.5. The van der Waals surface area contributed by atoms with Gasteiger partial charge in [0.2, 0.25) is 0 Å². The van der Waals surface area contributed by atoms with Gasteiger partial charge in [-0.1, -0.05) is 6.92 Å². The minimum atomic E-state index is -0.268. The molecule has 0 aromatic heterocycles. The first kappa shape index (κ1) is 13.1. The van der Waals surface area contributed by atoms with E-state index in [1.807, 2.05) is 6.92 Å². The van der Waals surface area contributed by atoms with Crippen LogP contribution in [0.5, 0.6) is 0 Å². The molecule has 0 heterocycles. The molecule has 0 aliphatic carbocycles. The lowest BCUT2D eigenvalue weighted by Crippen LogP contribution is -2.26. The Morgan fingerprint density at radius 2 is 1.93 bits per heavy atom. The maximum atomic E-state index is 11.1. The first-order valence-corrected chi connectivity index (χ1v) is 5.08. The molecule has 82 valence electrons. The van der Waals surface area contributed by atoms with Gasteiger partial charge in [0.25, 0.3) is 0 Å². The van der Waals surface area contributed by atoms with Crippen LogP contribution in [0.3, 0.4) is 0 Å². The van der Waals surface area contributed by atoms with Crippen molar-refractivity contribution in [3.05, 3.63) is 0 Å². The summed E-state index contributed by atoms with van der Waals surface area (Å²) in [7, 11) is 0. The van der Waals surface area contributed by atoms with Crippen LogP contribution in [0.15, 0.2) is 0 Å². The van der Waals surface area contributed by atoms with Crippen molar-refractivity contribution in [2.24, 2.45) is 0 Å². The van der Waals surface area contributed by atoms with Crippen molar-refractivity contribution < 1.29 is 14.3 Å². The molecule has 0 aliphatic heterocycles. The van der Waals surface area contributed by atoms with Crippen molar-refractivity contribution in [2.45, 2.75) is 33.1 Å². The lowest BCUT2D eigenvalue weighted by Gasteiger charge is -2.03. The molecule has 1 N–H and O–H groups in total. The molecule has 0 saturated carbocycles. The molecule has 0 aliphatic rings. The van der Waals surface area contributed by atoms with Gasteiger partial charge in [-0.3, -0.25) is 9.59 Å². The minimum absolute atomic E-state index is 0.188. The average Bonchev–Trinajstić information content (AvgIpc) is 2.13. The second-order valence-corrected chi connectivity index (χ2v) is 3.02. The van der Waals surface area contributed by atoms with Crippen LogP contribution in [-0.2, 0) is 14.3 Å². The monoisotopic (exact) mass is 201 g/mol. The second kappa shape index (κ2) is 8.69. The third kappa shape index (κ3) is 7.73. The van der Waals surface area contributed by atoms with E-state index < -0.39 is 0 Å². The number of rotatable bonds is 8. The number of ketones is 1. The number of nitrogens with one attached hydrogen (secondary N) is 1. The number of ether oxygens (including phenoxy) is 1. The lowest BCUT2D eigenvalue weighted by atomic mass is 10.2. The molecule has 0 rings (SSSR count). The summed E-state index contributed by atoms with van der Waals surface area (Å²) in [6.45, 7) is 4.88. The van der Waals surface area contributed by atoms with Crippen molar-refractivity contribution in [2.75, 3.05) is 19.7 Å². The molecule has 0 aromatic carbocycles. The van der Waals surface area contributed by atoms with E-state index in [0.717, 1.165) is 6.42 Å². The maximum absolute atomic E-state index is 11.1. The van der Waals surface area contributed by atoms with Gasteiger partial charge in [0.1, 0.15) is 5.78 Å². The van der Waals surface area contributed by atoms with Crippen molar-refractivity contribution in [1.29, 1.82) is 0 Å². The number of Topliss-reactive ketones (excluding diaryl/α,β-unsaturated/α-hetero) is 1. The Morgan fingerprint density at radius 3 is 2.50 bits per heavy atom. The van der Waals surface area contributed by atoms with E-state index in [1.165, 1.54) is 0 Å². The highest BCUT2D eigenvalue weighted by Gasteiger charge is 2.02. The summed E-state index contributed by atoms with van der Waals surface area (Å²) in [5.41, 5.74) is 0. The van der Waals surface area contributed by atoms with Gasteiger partial charge in [0.05, 0.1) is 13.2 Å². The van der Waals surface area contributed by atoms with Crippen molar-refractivity contribution >= 4 is 11.8 Å². The van der Waals surface area contributed by atoms with Gasteiger partial charge in [-0.2, -0.15) is 0 Å². The normalized spacial score (nSPS) is 9.86. The van der Waals surface area contributed by atoms with Crippen LogP contribution in [-0.4, -0.2) is 31.4 Å². The summed E-state index contributed by atoms with van der Waals surface area (Å²) in [6, 6.07) is 0. The molecule has 0 amide bonds. The summed E-state index contributed by atoms with van der Waals surface area (Å²) >= 11 is 0. The SMILES string of the molecule is CCCC(=O)CCNCC(=O)OCC. The fraction of sp³-hybridized carbons (Fsp3) is 0.800. The van der Waals surface area contributed by atoms with Crippen LogP contribution in [0.2, 0.25) is 0 Å². The molecular formula is C10H19NO3. The van der Waals surface area contributed by atoms with Crippen LogP contribution < -0.4 is 5.32 Å². The van der Waals surface area contributed by atoms with Crippen LogP contribution in [0.25, 0.3) is 0 Å². The number of carbonyl (C=O) groups excluding carboxylic acids is 2. The van der Waals surface area contributed by atoms with E-state index in [4.69, 9.17) is 4.74 Å². The summed E-state index contributed by atoms with van der Waals surface area (Å²) in [5, 5.41) is 2.86. The summed E-state index contributed by atoms with van der Waals surface area (Å²) < 4.78 is 4.71. The zero-order valence-electron chi connectivity index (χ0n) is 8.97. The first-order valence-electron chi connectivity index (χ1n) is 5.08. The Balaban J connectivity index is 3.28. The van der Waals surface area contributed by atoms with Crippen LogP contribution in [0.1, 0.15) is 33.1 Å². The Morgan fingerprint density at radius 1 is 1.21 bits per heavy atom. The van der Waals surface area contributed by atoms with Gasteiger partial charge in [-0.05, 0) is 13.3 Å². The Labute approximate surface area is 85.0 Å². The van der Waals surface area contributed by atoms with Gasteiger partial charge >= 0.3 is 5.97 Å². The number of esters is 1. The van der Waals surface area contributed by atoms with Gasteiger partial charge < -0.3 is 10.1 Å². The van der Waals surface area contributed by atoms with E-state index in [-0.39, 0.29) is 18.3 Å². The molecule has 4 heteroatoms. The van der Waals surface area contributed by atoms with E-state index >= 15 is 0 Å². The van der Waals surface area contributed by atoms with Gasteiger partial charge in [0, 0.05) is 19.4 Å². The second-order valence-electron chi connectivity index (χ2n) is 3.02. The van der Waals surface area contributed by atoms with E-state index in [0.29, 0.717) is 26.0 Å². The largest absolute Gasteiger partial charge is 0.465 e. The third-order valence-corrected chi connectivity index (χ3v) is 1.68. The van der Waals surface area contributed by atoms with Gasteiger partial charge in [0.15, 0.2) is 0 Å². The van der Waals surface area contributed by atoms with Crippen LogP contribution >= 0.6 is 0 Å². The highest BCUT2D eigenvalue weighted by molar-refractivity contribution is 5.78. The predicted molar refractivity (Wildman–Crippen MR) is 54.0 cm³/mol. The molecule has 0 spiro atoms. The predicted octanol–water partition coefficient (Wildman–Crippen LogP) is 0.898. The fourth-order valence-corrected chi connectivity index (χ4v) is 1.03. The minimum Gasteiger partial charge on any atom is -0.465 e. The third-order valence-electron chi connectivity index (χ3n) is 1.68. The molecule has 14 heavy (non-hydrogen) atoms. The standard InChI is InChI=1S/C10H19NO3/c1-3-5-9(12)6-7-11-8-10(13)14-4-2/h11H,3-8H2,1-2H3. The summed E-state index contributed by atoms with van der Waals surface area (Å²) in [5.74, 6) is -0.0284. The smallest absolute Gasteiger partial charge is 0.319 e. The molecule has 0 fully saturated rings. The first-order chi connectivity index (χ1) is 6.70. The molecule has 0 atom stereocenters. The van der Waals surface area contributed by atoms with Crippen molar-refractivity contribution in [1.82, 2.24) is 5.32 Å². The average molecular weight is 201 g/mol. The Hall–Kier alpha value is -0.900. The topological polar surface area (TPSA) is 55.4 Å². The number of carbonyl (C=O) groups is 2. The zero-order chi connectivity index (χ0) is 10.8. The number of hydrogen-bond acceptors (Lipinski definition) is 4. The zero-order valence-corrected chi connectivity index (χ0v) is 8.97. The van der Waals surface area contributed by atoms with Crippen molar-refractivity contribution in [3.63, 3.8) is 0 Å². The Kier molecular flexibility index (Phi) is 8.13. The van der Waals surface area contributed by atoms with Crippen LogP contribution in [0, 0.1) is 0 Å².